The van der Waals surface area contributed by atoms with Gasteiger partial charge in [-0.25, -0.2) is 0 Å². The SMILES string of the molecule is O=C(N[C@H]1CC[C@H](N2CC=C(c3ccccc3)CC2)CC1)c1cccnc1. The highest BCUT2D eigenvalue weighted by atomic mass is 16.1. The van der Waals surface area contributed by atoms with Crippen LogP contribution in [0.25, 0.3) is 5.57 Å². The van der Waals surface area contributed by atoms with Crippen molar-refractivity contribution in [3.05, 3.63) is 72.1 Å². The summed E-state index contributed by atoms with van der Waals surface area (Å²) in [5, 5.41) is 3.18. The monoisotopic (exact) mass is 361 g/mol. The predicted molar refractivity (Wildman–Crippen MR) is 108 cm³/mol. The molecule has 0 unspecified atom stereocenters. The van der Waals surface area contributed by atoms with Gasteiger partial charge in [0.1, 0.15) is 0 Å². The summed E-state index contributed by atoms with van der Waals surface area (Å²) < 4.78 is 0. The van der Waals surface area contributed by atoms with Gasteiger partial charge in [0.25, 0.3) is 5.91 Å². The minimum absolute atomic E-state index is 0.0000382. The lowest BCUT2D eigenvalue weighted by Crippen LogP contribution is -2.45. The van der Waals surface area contributed by atoms with E-state index in [1.54, 1.807) is 18.5 Å². The van der Waals surface area contributed by atoms with Gasteiger partial charge in [-0.3, -0.25) is 14.7 Å². The standard InChI is InChI=1S/C23H27N3O/c27-23(20-7-4-14-24-17-20)25-21-8-10-22(11-9-21)26-15-12-19(13-16-26)18-5-2-1-3-6-18/h1-7,12,14,17,21-22H,8-11,13,15-16H2,(H,25,27)/t21-,22-. The lowest BCUT2D eigenvalue weighted by atomic mass is 9.88. The molecule has 0 saturated heterocycles. The van der Waals surface area contributed by atoms with Crippen LogP contribution in [0, 0.1) is 0 Å². The Hall–Kier alpha value is -2.46. The van der Waals surface area contributed by atoms with E-state index in [9.17, 15) is 4.79 Å². The molecule has 4 rings (SSSR count). The summed E-state index contributed by atoms with van der Waals surface area (Å²) in [5.74, 6) is -0.0000382. The molecule has 2 heterocycles. The lowest BCUT2D eigenvalue weighted by molar-refractivity contribution is 0.0906. The van der Waals surface area contributed by atoms with Gasteiger partial charge in [-0.2, -0.15) is 0 Å². The number of carbonyl (C=O) groups is 1. The third kappa shape index (κ3) is 4.45. The van der Waals surface area contributed by atoms with Gasteiger partial charge in [-0.05, 0) is 55.4 Å². The van der Waals surface area contributed by atoms with E-state index in [2.05, 4.69) is 51.6 Å². The number of pyridine rings is 1. The van der Waals surface area contributed by atoms with E-state index >= 15 is 0 Å². The molecule has 1 aromatic heterocycles. The van der Waals surface area contributed by atoms with Crippen LogP contribution in [0.1, 0.15) is 48.0 Å². The van der Waals surface area contributed by atoms with Crippen LogP contribution in [-0.4, -0.2) is 41.0 Å². The zero-order valence-electron chi connectivity index (χ0n) is 15.7. The molecule has 2 aromatic rings. The topological polar surface area (TPSA) is 45.2 Å². The highest BCUT2D eigenvalue weighted by Crippen LogP contribution is 2.28. The number of hydrogen-bond acceptors (Lipinski definition) is 3. The normalized spacial score (nSPS) is 23.5. The molecule has 27 heavy (non-hydrogen) atoms. The van der Waals surface area contributed by atoms with Crippen LogP contribution in [0.2, 0.25) is 0 Å². The van der Waals surface area contributed by atoms with Gasteiger partial charge in [0.05, 0.1) is 5.56 Å². The molecule has 0 spiro atoms. The third-order valence-electron chi connectivity index (χ3n) is 5.86. The molecule has 0 bridgehead atoms. The van der Waals surface area contributed by atoms with Gasteiger partial charge in [0.2, 0.25) is 0 Å². The van der Waals surface area contributed by atoms with Crippen molar-refractivity contribution >= 4 is 11.5 Å². The minimum atomic E-state index is -0.0000382. The van der Waals surface area contributed by atoms with E-state index in [-0.39, 0.29) is 11.9 Å². The molecule has 1 saturated carbocycles. The van der Waals surface area contributed by atoms with E-state index in [4.69, 9.17) is 0 Å². The Morgan fingerprint density at radius 1 is 1.04 bits per heavy atom. The van der Waals surface area contributed by atoms with E-state index in [1.807, 2.05) is 6.07 Å². The van der Waals surface area contributed by atoms with Crippen LogP contribution in [0.5, 0.6) is 0 Å². The summed E-state index contributed by atoms with van der Waals surface area (Å²) in [4.78, 5) is 18.9. The second-order valence-electron chi connectivity index (χ2n) is 7.56. The predicted octanol–water partition coefficient (Wildman–Crippen LogP) is 3.91. The van der Waals surface area contributed by atoms with Crippen molar-refractivity contribution < 1.29 is 4.79 Å². The Morgan fingerprint density at radius 2 is 1.85 bits per heavy atom. The number of amides is 1. The molecule has 140 valence electrons. The average Bonchev–Trinajstić information content (AvgIpc) is 2.76. The molecule has 1 amide bonds. The summed E-state index contributed by atoms with van der Waals surface area (Å²) >= 11 is 0. The number of carbonyl (C=O) groups excluding carboxylic acids is 1. The van der Waals surface area contributed by atoms with Gasteiger partial charge in [-0.1, -0.05) is 36.4 Å². The molecule has 1 aromatic carbocycles. The summed E-state index contributed by atoms with van der Waals surface area (Å²) in [6, 6.07) is 15.3. The molecule has 2 aliphatic rings. The smallest absolute Gasteiger partial charge is 0.253 e. The van der Waals surface area contributed by atoms with E-state index < -0.39 is 0 Å². The van der Waals surface area contributed by atoms with Gasteiger partial charge >= 0.3 is 0 Å². The van der Waals surface area contributed by atoms with Crippen LogP contribution in [-0.2, 0) is 0 Å². The van der Waals surface area contributed by atoms with E-state index in [1.165, 1.54) is 11.1 Å². The van der Waals surface area contributed by atoms with Gasteiger partial charge in [-0.15, -0.1) is 0 Å². The quantitative estimate of drug-likeness (QED) is 0.898. The highest BCUT2D eigenvalue weighted by molar-refractivity contribution is 5.94. The molecule has 0 radical (unpaired) electrons. The fourth-order valence-corrected chi connectivity index (χ4v) is 4.28. The maximum atomic E-state index is 12.3. The number of rotatable bonds is 4. The van der Waals surface area contributed by atoms with E-state index in [0.717, 1.165) is 45.2 Å². The highest BCUT2D eigenvalue weighted by Gasteiger charge is 2.27. The molecule has 1 aliphatic heterocycles. The van der Waals surface area contributed by atoms with Crippen molar-refractivity contribution in [2.45, 2.75) is 44.2 Å². The zero-order valence-corrected chi connectivity index (χ0v) is 15.7. The molecular weight excluding hydrogens is 334 g/mol. The Morgan fingerprint density at radius 3 is 2.52 bits per heavy atom. The van der Waals surface area contributed by atoms with Crippen LogP contribution in [0.3, 0.4) is 0 Å². The number of benzene rings is 1. The van der Waals surface area contributed by atoms with Crippen LogP contribution in [0.15, 0.2) is 60.9 Å². The van der Waals surface area contributed by atoms with Crippen molar-refractivity contribution in [3.63, 3.8) is 0 Å². The fourth-order valence-electron chi connectivity index (χ4n) is 4.28. The molecule has 1 N–H and O–H groups in total. The number of hydrogen-bond donors (Lipinski definition) is 1. The first-order chi connectivity index (χ1) is 13.3. The Bertz CT molecular complexity index is 780. The minimum Gasteiger partial charge on any atom is -0.349 e. The Kier molecular flexibility index (Phi) is 5.64. The fraction of sp³-hybridized carbons (Fsp3) is 0.391. The van der Waals surface area contributed by atoms with Crippen LogP contribution < -0.4 is 5.32 Å². The molecule has 4 heteroatoms. The number of aromatic nitrogens is 1. The van der Waals surface area contributed by atoms with Crippen molar-refractivity contribution in [3.8, 4) is 0 Å². The van der Waals surface area contributed by atoms with Crippen molar-refractivity contribution in [2.75, 3.05) is 13.1 Å². The number of nitrogens with zero attached hydrogens (tertiary/aromatic N) is 2. The molecule has 4 nitrogen and oxygen atoms in total. The summed E-state index contributed by atoms with van der Waals surface area (Å²) in [6.45, 7) is 2.18. The van der Waals surface area contributed by atoms with Gasteiger partial charge in [0, 0.05) is 37.6 Å². The Balaban J connectivity index is 1.26. The maximum absolute atomic E-state index is 12.3. The molecular formula is C23H27N3O. The first kappa shape index (κ1) is 17.9. The third-order valence-corrected chi connectivity index (χ3v) is 5.86. The second-order valence-corrected chi connectivity index (χ2v) is 7.56. The first-order valence-electron chi connectivity index (χ1n) is 9.99. The summed E-state index contributed by atoms with van der Waals surface area (Å²) in [6.07, 6.45) is 11.3. The lowest BCUT2D eigenvalue weighted by Gasteiger charge is -2.38. The maximum Gasteiger partial charge on any atom is 0.253 e. The first-order valence-corrected chi connectivity index (χ1v) is 9.99. The molecule has 1 fully saturated rings. The second kappa shape index (κ2) is 8.49. The zero-order chi connectivity index (χ0) is 18.5. The van der Waals surface area contributed by atoms with Crippen LogP contribution >= 0.6 is 0 Å². The van der Waals surface area contributed by atoms with Crippen molar-refractivity contribution in [1.82, 2.24) is 15.2 Å². The number of nitrogens with one attached hydrogen (secondary N) is 1. The van der Waals surface area contributed by atoms with Crippen LogP contribution in [0.4, 0.5) is 0 Å². The Labute approximate surface area is 161 Å². The summed E-state index contributed by atoms with van der Waals surface area (Å²) in [7, 11) is 0. The van der Waals surface area contributed by atoms with E-state index in [0.29, 0.717) is 11.6 Å². The van der Waals surface area contributed by atoms with Crippen molar-refractivity contribution in [1.29, 1.82) is 0 Å². The molecule has 0 atom stereocenters. The largest absolute Gasteiger partial charge is 0.349 e. The van der Waals surface area contributed by atoms with Gasteiger partial charge < -0.3 is 5.32 Å². The summed E-state index contributed by atoms with van der Waals surface area (Å²) in [5.41, 5.74) is 3.48. The average molecular weight is 361 g/mol. The van der Waals surface area contributed by atoms with Gasteiger partial charge in [0.15, 0.2) is 0 Å². The van der Waals surface area contributed by atoms with Crippen molar-refractivity contribution in [2.24, 2.45) is 0 Å². The molecule has 1 aliphatic carbocycles.